The fraction of sp³-hybridized carbons (Fsp3) is 0.333. The summed E-state index contributed by atoms with van der Waals surface area (Å²) in [6.45, 7) is 8.18. The summed E-state index contributed by atoms with van der Waals surface area (Å²) in [5.41, 5.74) is 2.21. The van der Waals surface area contributed by atoms with E-state index in [1.165, 1.54) is 5.56 Å². The molecule has 0 saturated carbocycles. The monoisotopic (exact) mass is 334 g/mol. The molecule has 106 valence electrons. The Morgan fingerprint density at radius 1 is 1.15 bits per heavy atom. The lowest BCUT2D eigenvalue weighted by Crippen LogP contribution is -2.23. The third kappa shape index (κ3) is 3.48. The quantitative estimate of drug-likeness (QED) is 0.892. The maximum absolute atomic E-state index is 4.32. The van der Waals surface area contributed by atoms with Gasteiger partial charge in [0.05, 0.1) is 0 Å². The molecule has 0 atom stereocenters. The van der Waals surface area contributed by atoms with E-state index in [4.69, 9.17) is 0 Å². The number of hydrogen-bond acceptors (Lipinski definition) is 4. The third-order valence-corrected chi connectivity index (χ3v) is 4.06. The molecule has 1 heterocycles. The lowest BCUT2D eigenvalue weighted by Gasteiger charge is -2.20. The van der Waals surface area contributed by atoms with E-state index in [0.29, 0.717) is 0 Å². The summed E-state index contributed by atoms with van der Waals surface area (Å²) in [5.74, 6) is 1.75. The van der Waals surface area contributed by atoms with Crippen molar-refractivity contribution in [2.45, 2.75) is 20.8 Å². The Hall–Kier alpha value is -1.62. The fourth-order valence-electron chi connectivity index (χ4n) is 2.01. The lowest BCUT2D eigenvalue weighted by atomic mass is 10.2. The maximum Gasteiger partial charge on any atom is 0.135 e. The van der Waals surface area contributed by atoms with Crippen molar-refractivity contribution in [3.05, 3.63) is 40.6 Å². The Kier molecular flexibility index (Phi) is 4.95. The zero-order valence-electron chi connectivity index (χ0n) is 12.0. The van der Waals surface area contributed by atoms with Gasteiger partial charge in [0.2, 0.25) is 0 Å². The Morgan fingerprint density at radius 2 is 1.90 bits per heavy atom. The molecule has 20 heavy (non-hydrogen) atoms. The summed E-state index contributed by atoms with van der Waals surface area (Å²) >= 11 is 3.50. The van der Waals surface area contributed by atoms with Crippen molar-refractivity contribution in [2.24, 2.45) is 0 Å². The van der Waals surface area contributed by atoms with Crippen molar-refractivity contribution in [1.29, 1.82) is 0 Å². The maximum atomic E-state index is 4.32. The van der Waals surface area contributed by atoms with Gasteiger partial charge in [-0.1, -0.05) is 15.9 Å². The fourth-order valence-corrected chi connectivity index (χ4v) is 2.25. The molecule has 0 saturated heterocycles. The van der Waals surface area contributed by atoms with Gasteiger partial charge in [-0.25, -0.2) is 9.97 Å². The molecule has 0 aliphatic rings. The van der Waals surface area contributed by atoms with E-state index >= 15 is 0 Å². The van der Waals surface area contributed by atoms with Crippen molar-refractivity contribution in [3.63, 3.8) is 0 Å². The van der Waals surface area contributed by atoms with Gasteiger partial charge in [0, 0.05) is 29.3 Å². The second-order valence-corrected chi connectivity index (χ2v) is 5.38. The highest BCUT2D eigenvalue weighted by Crippen LogP contribution is 2.23. The van der Waals surface area contributed by atoms with Gasteiger partial charge in [0.15, 0.2) is 0 Å². The number of nitrogens with one attached hydrogen (secondary N) is 1. The Morgan fingerprint density at radius 3 is 2.55 bits per heavy atom. The predicted molar refractivity (Wildman–Crippen MR) is 87.8 cm³/mol. The molecule has 0 spiro atoms. The van der Waals surface area contributed by atoms with Gasteiger partial charge in [-0.05, 0) is 44.5 Å². The van der Waals surface area contributed by atoms with Crippen LogP contribution < -0.4 is 10.2 Å². The molecule has 0 fully saturated rings. The minimum atomic E-state index is 0.809. The van der Waals surface area contributed by atoms with Crippen LogP contribution in [0, 0.1) is 6.92 Å². The molecule has 1 aromatic heterocycles. The van der Waals surface area contributed by atoms with Crippen LogP contribution >= 0.6 is 15.9 Å². The number of anilines is 3. The molecule has 0 aliphatic heterocycles. The molecule has 1 aromatic carbocycles. The van der Waals surface area contributed by atoms with E-state index in [1.54, 1.807) is 6.33 Å². The van der Waals surface area contributed by atoms with E-state index in [-0.39, 0.29) is 0 Å². The van der Waals surface area contributed by atoms with Crippen LogP contribution in [0.4, 0.5) is 17.3 Å². The van der Waals surface area contributed by atoms with Crippen LogP contribution in [0.3, 0.4) is 0 Å². The molecule has 1 N–H and O–H groups in total. The molecular weight excluding hydrogens is 316 g/mol. The zero-order valence-corrected chi connectivity index (χ0v) is 13.6. The van der Waals surface area contributed by atoms with Crippen LogP contribution in [0.25, 0.3) is 0 Å². The highest BCUT2D eigenvalue weighted by Gasteiger charge is 2.05. The van der Waals surface area contributed by atoms with Gasteiger partial charge >= 0.3 is 0 Å². The molecule has 2 rings (SSSR count). The van der Waals surface area contributed by atoms with E-state index in [1.807, 2.05) is 18.2 Å². The van der Waals surface area contributed by atoms with Crippen LogP contribution in [0.2, 0.25) is 0 Å². The Bertz CT molecular complexity index is 582. The predicted octanol–water partition coefficient (Wildman–Crippen LogP) is 4.14. The first-order valence-corrected chi connectivity index (χ1v) is 7.53. The van der Waals surface area contributed by atoms with Crippen molar-refractivity contribution in [1.82, 2.24) is 9.97 Å². The van der Waals surface area contributed by atoms with Crippen molar-refractivity contribution in [3.8, 4) is 0 Å². The van der Waals surface area contributed by atoms with Crippen LogP contribution in [-0.4, -0.2) is 23.1 Å². The van der Waals surface area contributed by atoms with Gasteiger partial charge in [0.1, 0.15) is 18.0 Å². The van der Waals surface area contributed by atoms with Crippen LogP contribution in [-0.2, 0) is 0 Å². The molecule has 0 bridgehead atoms. The standard InChI is InChI=1S/C15H19BrN4/c1-4-20(5-2)15-9-14(17-10-18-15)19-12-6-7-13(16)11(3)8-12/h6-10H,4-5H2,1-3H3,(H,17,18,19). The Balaban J connectivity index is 2.21. The summed E-state index contributed by atoms with van der Waals surface area (Å²) in [6, 6.07) is 8.12. The highest BCUT2D eigenvalue weighted by molar-refractivity contribution is 9.10. The average Bonchev–Trinajstić information content (AvgIpc) is 2.45. The van der Waals surface area contributed by atoms with Crippen LogP contribution in [0.15, 0.2) is 35.1 Å². The molecule has 0 amide bonds. The molecule has 4 nitrogen and oxygen atoms in total. The van der Waals surface area contributed by atoms with Crippen molar-refractivity contribution < 1.29 is 0 Å². The molecular formula is C15H19BrN4. The second-order valence-electron chi connectivity index (χ2n) is 4.52. The SMILES string of the molecule is CCN(CC)c1cc(Nc2ccc(Br)c(C)c2)ncn1. The first kappa shape index (κ1) is 14.8. The summed E-state index contributed by atoms with van der Waals surface area (Å²) in [6.07, 6.45) is 1.60. The third-order valence-electron chi connectivity index (χ3n) is 3.17. The number of aromatic nitrogens is 2. The second kappa shape index (κ2) is 6.70. The summed E-state index contributed by atoms with van der Waals surface area (Å²) in [5, 5.41) is 3.32. The van der Waals surface area contributed by atoms with E-state index < -0.39 is 0 Å². The van der Waals surface area contributed by atoms with Gasteiger partial charge in [-0.3, -0.25) is 0 Å². The van der Waals surface area contributed by atoms with E-state index in [0.717, 1.165) is 34.9 Å². The van der Waals surface area contributed by atoms with Gasteiger partial charge in [-0.2, -0.15) is 0 Å². The minimum absolute atomic E-state index is 0.809. The largest absolute Gasteiger partial charge is 0.357 e. The number of halogens is 1. The highest BCUT2D eigenvalue weighted by atomic mass is 79.9. The number of rotatable bonds is 5. The topological polar surface area (TPSA) is 41.0 Å². The molecule has 2 aromatic rings. The number of benzene rings is 1. The van der Waals surface area contributed by atoms with Crippen LogP contribution in [0.5, 0.6) is 0 Å². The van der Waals surface area contributed by atoms with Crippen molar-refractivity contribution in [2.75, 3.05) is 23.3 Å². The smallest absolute Gasteiger partial charge is 0.135 e. The number of hydrogen-bond donors (Lipinski definition) is 1. The summed E-state index contributed by atoms with van der Waals surface area (Å²) in [7, 11) is 0. The van der Waals surface area contributed by atoms with Crippen LogP contribution in [0.1, 0.15) is 19.4 Å². The average molecular weight is 335 g/mol. The molecule has 0 radical (unpaired) electrons. The van der Waals surface area contributed by atoms with Gasteiger partial charge in [0.25, 0.3) is 0 Å². The molecule has 5 heteroatoms. The van der Waals surface area contributed by atoms with E-state index in [2.05, 4.69) is 63.0 Å². The minimum Gasteiger partial charge on any atom is -0.357 e. The van der Waals surface area contributed by atoms with Gasteiger partial charge in [-0.15, -0.1) is 0 Å². The van der Waals surface area contributed by atoms with Crippen molar-refractivity contribution >= 4 is 33.3 Å². The Labute approximate surface area is 128 Å². The number of aryl methyl sites for hydroxylation is 1. The zero-order chi connectivity index (χ0) is 14.5. The lowest BCUT2D eigenvalue weighted by molar-refractivity contribution is 0.842. The first-order valence-electron chi connectivity index (χ1n) is 6.74. The van der Waals surface area contributed by atoms with E-state index in [9.17, 15) is 0 Å². The molecule has 0 aliphatic carbocycles. The van der Waals surface area contributed by atoms with Gasteiger partial charge < -0.3 is 10.2 Å². The molecule has 0 unspecified atom stereocenters. The summed E-state index contributed by atoms with van der Waals surface area (Å²) < 4.78 is 1.11. The summed E-state index contributed by atoms with van der Waals surface area (Å²) in [4.78, 5) is 10.8. The first-order chi connectivity index (χ1) is 9.63. The number of nitrogens with zero attached hydrogens (tertiary/aromatic N) is 3. The normalized spacial score (nSPS) is 10.4.